The summed E-state index contributed by atoms with van der Waals surface area (Å²) in [4.78, 5) is 14.4. The predicted molar refractivity (Wildman–Crippen MR) is 86.7 cm³/mol. The average molecular weight is 377 g/mol. The Morgan fingerprint density at radius 1 is 1.43 bits per heavy atom. The third kappa shape index (κ3) is 4.34. The van der Waals surface area contributed by atoms with Gasteiger partial charge < -0.3 is 14.4 Å². The van der Waals surface area contributed by atoms with E-state index < -0.39 is 0 Å². The Morgan fingerprint density at radius 2 is 2.14 bits per heavy atom. The number of methoxy groups -OCH3 is 1. The molecule has 1 fully saturated rings. The van der Waals surface area contributed by atoms with Crippen molar-refractivity contribution >= 4 is 33.4 Å². The molecule has 1 heterocycles. The van der Waals surface area contributed by atoms with E-state index in [2.05, 4.69) is 15.9 Å². The van der Waals surface area contributed by atoms with Crippen molar-refractivity contribution in [1.82, 2.24) is 4.90 Å². The highest BCUT2D eigenvalue weighted by Crippen LogP contribution is 2.26. The van der Waals surface area contributed by atoms with E-state index in [0.29, 0.717) is 36.0 Å². The fourth-order valence-electron chi connectivity index (χ4n) is 2.45. The highest BCUT2D eigenvalue weighted by molar-refractivity contribution is 9.09. The molecule has 0 N–H and O–H groups in total. The zero-order chi connectivity index (χ0) is 15.2. The van der Waals surface area contributed by atoms with Gasteiger partial charge in [0, 0.05) is 23.4 Å². The number of hydrogen-bond acceptors (Lipinski definition) is 3. The number of amides is 1. The van der Waals surface area contributed by atoms with Crippen LogP contribution >= 0.6 is 27.5 Å². The summed E-state index contributed by atoms with van der Waals surface area (Å²) in [6, 6.07) is 5.10. The van der Waals surface area contributed by atoms with E-state index in [0.717, 1.165) is 18.2 Å². The second kappa shape index (κ2) is 8.01. The molecule has 1 saturated heterocycles. The Morgan fingerprint density at radius 3 is 2.76 bits per heavy atom. The number of alkyl halides is 1. The summed E-state index contributed by atoms with van der Waals surface area (Å²) < 4.78 is 11.0. The molecule has 0 bridgehead atoms. The monoisotopic (exact) mass is 375 g/mol. The number of rotatable bonds is 5. The maximum absolute atomic E-state index is 12.6. The first-order chi connectivity index (χ1) is 10.2. The third-order valence-electron chi connectivity index (χ3n) is 3.55. The van der Waals surface area contributed by atoms with Crippen LogP contribution in [0.3, 0.4) is 0 Å². The van der Waals surface area contributed by atoms with Crippen LogP contribution in [0.5, 0.6) is 5.75 Å². The summed E-state index contributed by atoms with van der Waals surface area (Å²) in [5.74, 6) is 0.507. The summed E-state index contributed by atoms with van der Waals surface area (Å²) >= 11 is 9.28. The lowest BCUT2D eigenvalue weighted by Gasteiger charge is -2.32. The minimum Gasteiger partial charge on any atom is -0.496 e. The van der Waals surface area contributed by atoms with E-state index in [-0.39, 0.29) is 12.0 Å². The first-order valence-corrected chi connectivity index (χ1v) is 8.46. The maximum atomic E-state index is 12.6. The molecule has 1 aliphatic heterocycles. The molecule has 0 aromatic heterocycles. The molecule has 0 radical (unpaired) electrons. The van der Waals surface area contributed by atoms with Crippen molar-refractivity contribution in [2.75, 3.05) is 32.1 Å². The molecule has 0 saturated carbocycles. The van der Waals surface area contributed by atoms with E-state index >= 15 is 0 Å². The number of nitrogens with zero attached hydrogens (tertiary/aromatic N) is 1. The molecule has 0 spiro atoms. The zero-order valence-corrected chi connectivity index (χ0v) is 14.3. The molecule has 0 unspecified atom stereocenters. The van der Waals surface area contributed by atoms with E-state index in [1.807, 2.05) is 4.90 Å². The fraction of sp³-hybridized carbons (Fsp3) is 0.533. The molecule has 4 nitrogen and oxygen atoms in total. The summed E-state index contributed by atoms with van der Waals surface area (Å²) in [5, 5.41) is 1.40. The number of piperidine rings is 1. The molecule has 0 atom stereocenters. The highest BCUT2D eigenvalue weighted by Gasteiger charge is 2.25. The van der Waals surface area contributed by atoms with Crippen molar-refractivity contribution < 1.29 is 14.3 Å². The summed E-state index contributed by atoms with van der Waals surface area (Å²) in [6.45, 7) is 2.12. The van der Waals surface area contributed by atoms with Crippen LogP contribution in [-0.2, 0) is 4.74 Å². The van der Waals surface area contributed by atoms with Gasteiger partial charge >= 0.3 is 0 Å². The molecule has 6 heteroatoms. The van der Waals surface area contributed by atoms with Crippen molar-refractivity contribution in [2.24, 2.45) is 0 Å². The van der Waals surface area contributed by atoms with Gasteiger partial charge in [-0.05, 0) is 31.0 Å². The van der Waals surface area contributed by atoms with Crippen LogP contribution in [0, 0.1) is 0 Å². The summed E-state index contributed by atoms with van der Waals surface area (Å²) in [5.41, 5.74) is 0.557. The molecule has 1 aliphatic rings. The predicted octanol–water partition coefficient (Wildman–Crippen LogP) is 3.36. The van der Waals surface area contributed by atoms with Crippen LogP contribution in [0.1, 0.15) is 23.2 Å². The maximum Gasteiger partial charge on any atom is 0.257 e. The second-order valence-electron chi connectivity index (χ2n) is 4.90. The minimum absolute atomic E-state index is 0.0116. The number of carbonyl (C=O) groups is 1. The van der Waals surface area contributed by atoms with Crippen molar-refractivity contribution in [1.29, 1.82) is 0 Å². The van der Waals surface area contributed by atoms with Gasteiger partial charge in [-0.15, -0.1) is 0 Å². The Bertz CT molecular complexity index is 490. The van der Waals surface area contributed by atoms with Gasteiger partial charge in [0.25, 0.3) is 5.91 Å². The number of hydrogen-bond donors (Lipinski definition) is 0. The molecule has 116 valence electrons. The van der Waals surface area contributed by atoms with Gasteiger partial charge in [0.05, 0.1) is 25.4 Å². The molecule has 2 rings (SSSR count). The fourth-order valence-corrected chi connectivity index (χ4v) is 2.80. The highest BCUT2D eigenvalue weighted by atomic mass is 79.9. The van der Waals surface area contributed by atoms with Gasteiger partial charge in [-0.3, -0.25) is 4.79 Å². The minimum atomic E-state index is -0.0116. The van der Waals surface area contributed by atoms with Crippen LogP contribution in [0.15, 0.2) is 18.2 Å². The van der Waals surface area contributed by atoms with Gasteiger partial charge in [0.2, 0.25) is 0 Å². The lowest BCUT2D eigenvalue weighted by molar-refractivity contribution is 0.0159. The smallest absolute Gasteiger partial charge is 0.257 e. The molecular weight excluding hydrogens is 358 g/mol. The summed E-state index contributed by atoms with van der Waals surface area (Å²) in [6.07, 6.45) is 1.99. The number of likely N-dealkylation sites (tertiary alicyclic amines) is 1. The first-order valence-electron chi connectivity index (χ1n) is 6.96. The molecule has 1 aromatic rings. The van der Waals surface area contributed by atoms with Crippen LogP contribution in [-0.4, -0.2) is 49.0 Å². The van der Waals surface area contributed by atoms with E-state index in [1.165, 1.54) is 0 Å². The number of carbonyl (C=O) groups excluding carboxylic acids is 1. The normalized spacial score (nSPS) is 16.0. The number of halogens is 2. The van der Waals surface area contributed by atoms with Crippen molar-refractivity contribution in [3.8, 4) is 5.75 Å². The topological polar surface area (TPSA) is 38.8 Å². The Kier molecular flexibility index (Phi) is 6.33. The van der Waals surface area contributed by atoms with Crippen molar-refractivity contribution in [3.05, 3.63) is 28.8 Å². The molecule has 1 amide bonds. The average Bonchev–Trinajstić information content (AvgIpc) is 2.52. The number of benzene rings is 1. The summed E-state index contributed by atoms with van der Waals surface area (Å²) in [7, 11) is 1.54. The van der Waals surface area contributed by atoms with Crippen molar-refractivity contribution in [3.63, 3.8) is 0 Å². The van der Waals surface area contributed by atoms with E-state index in [1.54, 1.807) is 25.3 Å². The van der Waals surface area contributed by atoms with Gasteiger partial charge in [0.1, 0.15) is 5.75 Å². The SMILES string of the molecule is COc1cc(Cl)ccc1C(=O)N1CCC(OCCBr)CC1. The quantitative estimate of drug-likeness (QED) is 0.740. The van der Waals surface area contributed by atoms with Gasteiger partial charge in [-0.25, -0.2) is 0 Å². The lowest BCUT2D eigenvalue weighted by Crippen LogP contribution is -2.41. The van der Waals surface area contributed by atoms with Gasteiger partial charge in [0.15, 0.2) is 0 Å². The standard InChI is InChI=1S/C15H19BrClNO3/c1-20-14-10-11(17)2-3-13(14)15(19)18-7-4-12(5-8-18)21-9-6-16/h2-3,10,12H,4-9H2,1H3. The van der Waals surface area contributed by atoms with Crippen LogP contribution in [0.25, 0.3) is 0 Å². The van der Waals surface area contributed by atoms with E-state index in [4.69, 9.17) is 21.1 Å². The van der Waals surface area contributed by atoms with E-state index in [9.17, 15) is 4.79 Å². The molecular formula is C15H19BrClNO3. The van der Waals surface area contributed by atoms with Gasteiger partial charge in [-0.1, -0.05) is 27.5 Å². The third-order valence-corrected chi connectivity index (χ3v) is 4.11. The molecule has 1 aromatic carbocycles. The Hall–Kier alpha value is -0.780. The zero-order valence-electron chi connectivity index (χ0n) is 12.0. The second-order valence-corrected chi connectivity index (χ2v) is 6.13. The van der Waals surface area contributed by atoms with Crippen LogP contribution in [0.2, 0.25) is 5.02 Å². The first kappa shape index (κ1) is 16.6. The Labute approximate surface area is 138 Å². The number of ether oxygens (including phenoxy) is 2. The molecule has 0 aliphatic carbocycles. The lowest BCUT2D eigenvalue weighted by atomic mass is 10.1. The van der Waals surface area contributed by atoms with Gasteiger partial charge in [-0.2, -0.15) is 0 Å². The van der Waals surface area contributed by atoms with Crippen LogP contribution in [0.4, 0.5) is 0 Å². The van der Waals surface area contributed by atoms with Crippen LogP contribution < -0.4 is 4.74 Å². The molecule has 21 heavy (non-hydrogen) atoms. The Balaban J connectivity index is 1.99. The largest absolute Gasteiger partial charge is 0.496 e. The van der Waals surface area contributed by atoms with Crippen molar-refractivity contribution in [2.45, 2.75) is 18.9 Å².